The third-order valence-electron chi connectivity index (χ3n) is 3.38. The number of carboxylic acid groups (broad SMARTS) is 1. The predicted molar refractivity (Wildman–Crippen MR) is 78.3 cm³/mol. The van der Waals surface area contributed by atoms with Gasteiger partial charge in [-0.25, -0.2) is 4.79 Å². The molecule has 0 aliphatic heterocycles. The van der Waals surface area contributed by atoms with Gasteiger partial charge in [-0.3, -0.25) is 4.79 Å². The van der Waals surface area contributed by atoms with Crippen molar-refractivity contribution < 1.29 is 23.8 Å². The number of carboxylic acids is 1. The number of carbonyl (C=O) groups excluding carboxylic acids is 1. The zero-order chi connectivity index (χ0) is 15.5. The Morgan fingerprint density at radius 1 is 1.32 bits per heavy atom. The molecule has 6 heteroatoms. The van der Waals surface area contributed by atoms with Crippen LogP contribution >= 0.6 is 0 Å². The monoisotopic (exact) mass is 301 g/mol. The first-order valence-corrected chi connectivity index (χ1v) is 6.98. The number of aromatic carboxylic acids is 1. The van der Waals surface area contributed by atoms with Crippen molar-refractivity contribution in [2.45, 2.75) is 12.8 Å². The van der Waals surface area contributed by atoms with E-state index >= 15 is 0 Å². The molecule has 0 saturated heterocycles. The van der Waals surface area contributed by atoms with Gasteiger partial charge in [0.15, 0.2) is 5.76 Å². The summed E-state index contributed by atoms with van der Waals surface area (Å²) in [5, 5.41) is 11.5. The van der Waals surface area contributed by atoms with Gasteiger partial charge in [-0.2, -0.15) is 0 Å². The van der Waals surface area contributed by atoms with E-state index in [1.165, 1.54) is 18.9 Å². The van der Waals surface area contributed by atoms with Crippen molar-refractivity contribution in [2.24, 2.45) is 5.92 Å². The highest BCUT2D eigenvalue weighted by atomic mass is 16.5. The number of furan rings is 1. The summed E-state index contributed by atoms with van der Waals surface area (Å²) in [4.78, 5) is 22.9. The SMILES string of the molecule is O=C(O)c1coc(C(=O)Nc2ccccc2OCC2CC2)c1. The van der Waals surface area contributed by atoms with Gasteiger partial charge in [-0.1, -0.05) is 12.1 Å². The predicted octanol–water partition coefficient (Wildman–Crippen LogP) is 3.02. The highest BCUT2D eigenvalue weighted by Gasteiger charge is 2.22. The number of carbonyl (C=O) groups is 2. The lowest BCUT2D eigenvalue weighted by Gasteiger charge is -2.11. The summed E-state index contributed by atoms with van der Waals surface area (Å²) in [5.41, 5.74) is 0.463. The maximum absolute atomic E-state index is 12.1. The Labute approximate surface area is 126 Å². The molecule has 0 unspecified atom stereocenters. The first-order chi connectivity index (χ1) is 10.6. The summed E-state index contributed by atoms with van der Waals surface area (Å²) >= 11 is 0. The molecule has 1 saturated carbocycles. The summed E-state index contributed by atoms with van der Waals surface area (Å²) in [7, 11) is 0. The van der Waals surface area contributed by atoms with Crippen molar-refractivity contribution in [3.63, 3.8) is 0 Å². The van der Waals surface area contributed by atoms with Crippen LogP contribution < -0.4 is 10.1 Å². The van der Waals surface area contributed by atoms with Crippen LogP contribution in [0.3, 0.4) is 0 Å². The minimum absolute atomic E-state index is 0.0607. The molecule has 2 aromatic rings. The number of benzene rings is 1. The molecule has 0 spiro atoms. The molecular formula is C16H15NO5. The molecule has 1 aliphatic rings. The number of hydrogen-bond donors (Lipinski definition) is 2. The lowest BCUT2D eigenvalue weighted by molar-refractivity contribution is 0.0696. The van der Waals surface area contributed by atoms with Crippen LogP contribution in [0.4, 0.5) is 5.69 Å². The Bertz CT molecular complexity index is 702. The average Bonchev–Trinajstić information content (AvgIpc) is 3.19. The van der Waals surface area contributed by atoms with Crippen molar-refractivity contribution in [2.75, 3.05) is 11.9 Å². The van der Waals surface area contributed by atoms with Crippen molar-refractivity contribution >= 4 is 17.6 Å². The summed E-state index contributed by atoms with van der Waals surface area (Å²) in [6, 6.07) is 8.30. The van der Waals surface area contributed by atoms with Crippen LogP contribution in [0.15, 0.2) is 41.0 Å². The topological polar surface area (TPSA) is 88.8 Å². The Hall–Kier alpha value is -2.76. The minimum Gasteiger partial charge on any atom is -0.491 e. The van der Waals surface area contributed by atoms with Crippen molar-refractivity contribution in [1.29, 1.82) is 0 Å². The maximum atomic E-state index is 12.1. The van der Waals surface area contributed by atoms with Crippen molar-refractivity contribution in [3.8, 4) is 5.75 Å². The molecule has 114 valence electrons. The number of rotatable bonds is 6. The fraction of sp³-hybridized carbons (Fsp3) is 0.250. The Balaban J connectivity index is 1.70. The van der Waals surface area contributed by atoms with Crippen LogP contribution in [-0.2, 0) is 0 Å². The molecule has 0 bridgehead atoms. The molecule has 1 aromatic carbocycles. The fourth-order valence-electron chi connectivity index (χ4n) is 1.94. The third kappa shape index (κ3) is 3.28. The fourth-order valence-corrected chi connectivity index (χ4v) is 1.94. The smallest absolute Gasteiger partial charge is 0.338 e. The normalized spacial score (nSPS) is 13.6. The molecular weight excluding hydrogens is 286 g/mol. The molecule has 1 amide bonds. The van der Waals surface area contributed by atoms with Gasteiger partial charge in [0.25, 0.3) is 5.91 Å². The first kappa shape index (κ1) is 14.2. The van der Waals surface area contributed by atoms with E-state index in [0.29, 0.717) is 24.0 Å². The highest BCUT2D eigenvalue weighted by Crippen LogP contribution is 2.31. The molecule has 6 nitrogen and oxygen atoms in total. The zero-order valence-electron chi connectivity index (χ0n) is 11.7. The van der Waals surface area contributed by atoms with Gasteiger partial charge in [0.2, 0.25) is 0 Å². The van der Waals surface area contributed by atoms with E-state index in [1.807, 2.05) is 6.07 Å². The van der Waals surface area contributed by atoms with Gasteiger partial charge in [-0.15, -0.1) is 0 Å². The van der Waals surface area contributed by atoms with E-state index in [1.54, 1.807) is 18.2 Å². The summed E-state index contributed by atoms with van der Waals surface area (Å²) in [6.07, 6.45) is 3.39. The Morgan fingerprint density at radius 2 is 2.09 bits per heavy atom. The number of nitrogens with one attached hydrogen (secondary N) is 1. The van der Waals surface area contributed by atoms with E-state index in [2.05, 4.69) is 5.32 Å². The standard InChI is InChI=1S/C16H15NO5/c18-15(14-7-11(9-22-14)16(19)20)17-12-3-1-2-4-13(12)21-8-10-5-6-10/h1-4,7,9-10H,5-6,8H2,(H,17,18)(H,19,20). The Morgan fingerprint density at radius 3 is 2.77 bits per heavy atom. The lowest BCUT2D eigenvalue weighted by Crippen LogP contribution is -2.12. The van der Waals surface area contributed by atoms with E-state index < -0.39 is 11.9 Å². The molecule has 1 heterocycles. The van der Waals surface area contributed by atoms with Crippen LogP contribution in [-0.4, -0.2) is 23.6 Å². The Kier molecular flexibility index (Phi) is 3.82. The third-order valence-corrected chi connectivity index (χ3v) is 3.38. The van der Waals surface area contributed by atoms with Crippen molar-refractivity contribution in [3.05, 3.63) is 47.9 Å². The van der Waals surface area contributed by atoms with Crippen LogP contribution in [0.2, 0.25) is 0 Å². The maximum Gasteiger partial charge on any atom is 0.338 e. The first-order valence-electron chi connectivity index (χ1n) is 6.98. The summed E-state index contributed by atoms with van der Waals surface area (Å²) < 4.78 is 10.7. The number of amides is 1. The molecule has 3 rings (SSSR count). The van der Waals surface area contributed by atoms with Crippen LogP contribution in [0.25, 0.3) is 0 Å². The summed E-state index contributed by atoms with van der Waals surface area (Å²) in [5.74, 6) is -0.528. The van der Waals surface area contributed by atoms with E-state index in [0.717, 1.165) is 6.26 Å². The van der Waals surface area contributed by atoms with E-state index in [-0.39, 0.29) is 11.3 Å². The second-order valence-electron chi connectivity index (χ2n) is 5.21. The number of hydrogen-bond acceptors (Lipinski definition) is 4. The number of anilines is 1. The van der Waals surface area contributed by atoms with Crippen molar-refractivity contribution in [1.82, 2.24) is 0 Å². The average molecular weight is 301 g/mol. The largest absolute Gasteiger partial charge is 0.491 e. The van der Waals surface area contributed by atoms with Gasteiger partial charge in [0.1, 0.15) is 12.0 Å². The quantitative estimate of drug-likeness (QED) is 0.856. The van der Waals surface area contributed by atoms with Gasteiger partial charge in [0, 0.05) is 6.07 Å². The van der Waals surface area contributed by atoms with E-state index in [9.17, 15) is 9.59 Å². The minimum atomic E-state index is -1.14. The highest BCUT2D eigenvalue weighted by molar-refractivity contribution is 6.04. The number of ether oxygens (including phenoxy) is 1. The molecule has 1 aromatic heterocycles. The molecule has 22 heavy (non-hydrogen) atoms. The van der Waals surface area contributed by atoms with Gasteiger partial charge in [0.05, 0.1) is 17.9 Å². The second-order valence-corrected chi connectivity index (χ2v) is 5.21. The molecule has 2 N–H and O–H groups in total. The van der Waals surface area contributed by atoms with E-state index in [4.69, 9.17) is 14.3 Å². The molecule has 1 aliphatic carbocycles. The van der Waals surface area contributed by atoms with Crippen LogP contribution in [0.5, 0.6) is 5.75 Å². The molecule has 1 fully saturated rings. The molecule has 0 atom stereocenters. The zero-order valence-corrected chi connectivity index (χ0v) is 11.7. The van der Waals surface area contributed by atoms with Gasteiger partial charge in [-0.05, 0) is 30.9 Å². The second kappa shape index (κ2) is 5.93. The van der Waals surface area contributed by atoms with Crippen LogP contribution in [0, 0.1) is 5.92 Å². The van der Waals surface area contributed by atoms with Crippen LogP contribution in [0.1, 0.15) is 33.8 Å². The lowest BCUT2D eigenvalue weighted by atomic mass is 10.2. The van der Waals surface area contributed by atoms with Gasteiger partial charge < -0.3 is 19.6 Å². The van der Waals surface area contributed by atoms with Gasteiger partial charge >= 0.3 is 5.97 Å². The summed E-state index contributed by atoms with van der Waals surface area (Å²) in [6.45, 7) is 0.636. The number of para-hydroxylation sites is 2. The molecule has 0 radical (unpaired) electrons.